The quantitative estimate of drug-likeness (QED) is 0.848. The maximum absolute atomic E-state index is 4.40. The second-order valence-electron chi connectivity index (χ2n) is 5.33. The molecule has 1 aromatic rings. The minimum Gasteiger partial charge on any atom is -0.334 e. The zero-order chi connectivity index (χ0) is 13.2. The lowest BCUT2D eigenvalue weighted by molar-refractivity contribution is 0.135. The van der Waals surface area contributed by atoms with Crippen molar-refractivity contribution in [3.63, 3.8) is 0 Å². The van der Waals surface area contributed by atoms with E-state index in [-0.39, 0.29) is 11.6 Å². The van der Waals surface area contributed by atoms with Gasteiger partial charge in [-0.2, -0.15) is 0 Å². The van der Waals surface area contributed by atoms with Gasteiger partial charge in [0.1, 0.15) is 5.82 Å². The fourth-order valence-corrected chi connectivity index (χ4v) is 1.97. The minimum atomic E-state index is 0.0379. The first-order valence-electron chi connectivity index (χ1n) is 6.21. The smallest absolute Gasteiger partial charge is 0.105 e. The molecule has 0 fully saturated rings. The molecule has 0 spiro atoms. The first kappa shape index (κ1) is 14.2. The van der Waals surface area contributed by atoms with Crippen molar-refractivity contribution in [2.75, 3.05) is 20.6 Å². The van der Waals surface area contributed by atoms with Crippen LogP contribution in [0.2, 0.25) is 0 Å². The number of aryl methyl sites for hydroxylation is 1. The first-order chi connectivity index (χ1) is 7.82. The zero-order valence-corrected chi connectivity index (χ0v) is 12.2. The molecule has 0 saturated heterocycles. The fraction of sp³-hybridized carbons (Fsp3) is 0.769. The van der Waals surface area contributed by atoms with Crippen molar-refractivity contribution in [1.29, 1.82) is 0 Å². The van der Waals surface area contributed by atoms with E-state index in [2.05, 4.69) is 61.7 Å². The molecule has 0 amide bonds. The Morgan fingerprint density at radius 2 is 2.06 bits per heavy atom. The van der Waals surface area contributed by atoms with Crippen LogP contribution in [0.15, 0.2) is 6.20 Å². The molecule has 4 heteroatoms. The molecular formula is C13H26N4. The highest BCUT2D eigenvalue weighted by molar-refractivity contribution is 5.14. The van der Waals surface area contributed by atoms with Crippen LogP contribution in [0.1, 0.15) is 38.3 Å². The van der Waals surface area contributed by atoms with E-state index in [1.807, 2.05) is 13.1 Å². The van der Waals surface area contributed by atoms with Gasteiger partial charge in [-0.1, -0.05) is 6.92 Å². The lowest BCUT2D eigenvalue weighted by atomic mass is 9.90. The van der Waals surface area contributed by atoms with Crippen molar-refractivity contribution in [2.24, 2.45) is 7.05 Å². The maximum atomic E-state index is 4.40. The highest BCUT2D eigenvalue weighted by Gasteiger charge is 2.34. The lowest BCUT2D eigenvalue weighted by Crippen LogP contribution is -2.49. The van der Waals surface area contributed by atoms with Crippen LogP contribution in [0.25, 0.3) is 0 Å². The molecule has 1 atom stereocenters. The van der Waals surface area contributed by atoms with Crippen LogP contribution in [-0.4, -0.2) is 40.6 Å². The van der Waals surface area contributed by atoms with E-state index < -0.39 is 0 Å². The standard InChI is InChI=1S/C13H26N4/c1-8-14-12(13(3,4)16(5)6)11-9-15-10(2)17(11)7/h9,12,14H,8H2,1-7H3. The molecule has 1 N–H and O–H groups in total. The van der Waals surface area contributed by atoms with Gasteiger partial charge in [-0.15, -0.1) is 0 Å². The highest BCUT2D eigenvalue weighted by atomic mass is 15.2. The molecule has 1 unspecified atom stereocenters. The Hall–Kier alpha value is -0.870. The number of likely N-dealkylation sites (N-methyl/N-ethyl adjacent to an activating group) is 2. The molecule has 1 rings (SSSR count). The van der Waals surface area contributed by atoms with Gasteiger partial charge in [-0.25, -0.2) is 4.98 Å². The van der Waals surface area contributed by atoms with E-state index >= 15 is 0 Å². The topological polar surface area (TPSA) is 33.1 Å². The third kappa shape index (κ3) is 2.69. The molecular weight excluding hydrogens is 212 g/mol. The molecule has 0 aromatic carbocycles. The molecule has 0 aliphatic carbocycles. The van der Waals surface area contributed by atoms with Crippen LogP contribution in [0.3, 0.4) is 0 Å². The molecule has 1 heterocycles. The molecule has 17 heavy (non-hydrogen) atoms. The summed E-state index contributed by atoms with van der Waals surface area (Å²) in [4.78, 5) is 6.65. The van der Waals surface area contributed by atoms with Gasteiger partial charge in [0.25, 0.3) is 0 Å². The van der Waals surface area contributed by atoms with Gasteiger partial charge in [0, 0.05) is 12.6 Å². The second kappa shape index (κ2) is 5.19. The number of hydrogen-bond acceptors (Lipinski definition) is 3. The first-order valence-corrected chi connectivity index (χ1v) is 6.21. The van der Waals surface area contributed by atoms with Crippen LogP contribution < -0.4 is 5.32 Å². The Morgan fingerprint density at radius 1 is 1.47 bits per heavy atom. The highest BCUT2D eigenvalue weighted by Crippen LogP contribution is 2.29. The summed E-state index contributed by atoms with van der Waals surface area (Å²) in [6.45, 7) is 9.63. The number of hydrogen-bond donors (Lipinski definition) is 1. The Labute approximate surface area is 105 Å². The predicted molar refractivity (Wildman–Crippen MR) is 72.1 cm³/mol. The molecule has 4 nitrogen and oxygen atoms in total. The Kier molecular flexibility index (Phi) is 4.33. The zero-order valence-electron chi connectivity index (χ0n) is 12.2. The van der Waals surface area contributed by atoms with Crippen molar-refractivity contribution in [1.82, 2.24) is 19.8 Å². The number of nitrogens with zero attached hydrogens (tertiary/aromatic N) is 3. The molecule has 0 bridgehead atoms. The predicted octanol–water partition coefficient (Wildman–Crippen LogP) is 1.72. The largest absolute Gasteiger partial charge is 0.334 e. The molecule has 1 aromatic heterocycles. The average Bonchev–Trinajstić information content (AvgIpc) is 2.56. The summed E-state index contributed by atoms with van der Waals surface area (Å²) >= 11 is 0. The van der Waals surface area contributed by atoms with Crippen molar-refractivity contribution in [3.8, 4) is 0 Å². The summed E-state index contributed by atoms with van der Waals surface area (Å²) in [5.74, 6) is 1.05. The molecule has 0 saturated carbocycles. The molecule has 0 radical (unpaired) electrons. The monoisotopic (exact) mass is 238 g/mol. The van der Waals surface area contributed by atoms with Crippen molar-refractivity contribution >= 4 is 0 Å². The van der Waals surface area contributed by atoms with Crippen LogP contribution in [0.5, 0.6) is 0 Å². The summed E-state index contributed by atoms with van der Waals surface area (Å²) in [7, 11) is 6.31. The van der Waals surface area contributed by atoms with Crippen LogP contribution in [0.4, 0.5) is 0 Å². The van der Waals surface area contributed by atoms with E-state index in [0.29, 0.717) is 0 Å². The number of rotatable bonds is 5. The van der Waals surface area contributed by atoms with E-state index in [9.17, 15) is 0 Å². The summed E-state index contributed by atoms with van der Waals surface area (Å²) in [6, 6.07) is 0.272. The SMILES string of the molecule is CCNC(c1cnc(C)n1C)C(C)(C)N(C)C. The number of nitrogens with one attached hydrogen (secondary N) is 1. The van der Waals surface area contributed by atoms with Gasteiger partial charge in [-0.3, -0.25) is 0 Å². The third-order valence-corrected chi connectivity index (χ3v) is 3.82. The summed E-state index contributed by atoms with van der Waals surface area (Å²) in [5.41, 5.74) is 1.28. The molecule has 0 aliphatic heterocycles. The van der Waals surface area contributed by atoms with E-state index in [1.165, 1.54) is 5.69 Å². The normalized spacial score (nSPS) is 14.4. The Balaban J connectivity index is 3.14. The average molecular weight is 238 g/mol. The van der Waals surface area contributed by atoms with Crippen LogP contribution in [0, 0.1) is 6.92 Å². The van der Waals surface area contributed by atoms with Crippen LogP contribution >= 0.6 is 0 Å². The number of aromatic nitrogens is 2. The van der Waals surface area contributed by atoms with Crippen LogP contribution in [-0.2, 0) is 7.05 Å². The van der Waals surface area contributed by atoms with Gasteiger partial charge in [-0.05, 0) is 41.4 Å². The molecule has 0 aliphatic rings. The second-order valence-corrected chi connectivity index (χ2v) is 5.33. The summed E-state index contributed by atoms with van der Waals surface area (Å²) < 4.78 is 2.17. The van der Waals surface area contributed by atoms with Crippen molar-refractivity contribution in [2.45, 2.75) is 39.3 Å². The van der Waals surface area contributed by atoms with Gasteiger partial charge < -0.3 is 14.8 Å². The maximum Gasteiger partial charge on any atom is 0.105 e. The Bertz CT molecular complexity index is 365. The van der Waals surface area contributed by atoms with Gasteiger partial charge in [0.15, 0.2) is 0 Å². The lowest BCUT2D eigenvalue weighted by Gasteiger charge is -2.40. The van der Waals surface area contributed by atoms with E-state index in [0.717, 1.165) is 12.4 Å². The summed E-state index contributed by atoms with van der Waals surface area (Å²) in [5, 5.41) is 3.57. The number of imidazole rings is 1. The van der Waals surface area contributed by atoms with Crippen molar-refractivity contribution in [3.05, 3.63) is 17.7 Å². The molecule has 98 valence electrons. The van der Waals surface area contributed by atoms with E-state index in [4.69, 9.17) is 0 Å². The van der Waals surface area contributed by atoms with Gasteiger partial charge >= 0.3 is 0 Å². The third-order valence-electron chi connectivity index (χ3n) is 3.82. The van der Waals surface area contributed by atoms with Crippen molar-refractivity contribution < 1.29 is 0 Å². The van der Waals surface area contributed by atoms with E-state index in [1.54, 1.807) is 0 Å². The summed E-state index contributed by atoms with van der Waals surface area (Å²) in [6.07, 6.45) is 1.98. The van der Waals surface area contributed by atoms with Gasteiger partial charge in [0.2, 0.25) is 0 Å². The van der Waals surface area contributed by atoms with Gasteiger partial charge in [0.05, 0.1) is 17.9 Å². The minimum absolute atomic E-state index is 0.0379. The Morgan fingerprint density at radius 3 is 2.41 bits per heavy atom. The fourth-order valence-electron chi connectivity index (χ4n) is 1.97.